The van der Waals surface area contributed by atoms with Gasteiger partial charge in [-0.15, -0.1) is 0 Å². The van der Waals surface area contributed by atoms with Gasteiger partial charge >= 0.3 is 5.97 Å². The molecule has 0 bridgehead atoms. The third-order valence-electron chi connectivity index (χ3n) is 0.420. The number of rotatable bonds is 1. The Morgan fingerprint density at radius 2 is 2.29 bits per heavy atom. The molecule has 2 radical (unpaired) electrons. The van der Waals surface area contributed by atoms with E-state index >= 15 is 0 Å². The fraction of sp³-hybridized carbons (Fsp3) is 0.667. The molecule has 0 aliphatic rings. The molecule has 0 saturated carbocycles. The summed E-state index contributed by atoms with van der Waals surface area (Å²) in [5.74, 6) is 4.05. The first-order valence-corrected chi connectivity index (χ1v) is 1.70. The first-order chi connectivity index (χ1) is 2.81. The second-order valence-electron chi connectivity index (χ2n) is 0.843. The fourth-order valence-electron chi connectivity index (χ4n) is 0.0833. The van der Waals surface area contributed by atoms with Crippen LogP contribution in [0.4, 0.5) is 0 Å². The third-order valence-corrected chi connectivity index (χ3v) is 0.420. The van der Waals surface area contributed by atoms with Gasteiger partial charge in [0.15, 0.2) is 0 Å². The number of hydrogen-bond acceptors (Lipinski definition) is 3. The largest absolute Gasteiger partial charge is 0.373 e. The van der Waals surface area contributed by atoms with E-state index in [1.165, 1.54) is 0 Å². The average molecular weight is 129 g/mol. The van der Waals surface area contributed by atoms with Crippen LogP contribution in [0.3, 0.4) is 0 Å². The molecule has 38 valence electrons. The molecule has 4 heteroatoms. The van der Waals surface area contributed by atoms with Crippen molar-refractivity contribution in [3.05, 3.63) is 0 Å². The van der Waals surface area contributed by atoms with E-state index in [4.69, 9.17) is 0 Å². The van der Waals surface area contributed by atoms with Crippen LogP contribution in [-0.4, -0.2) is 43.7 Å². The topological polar surface area (TPSA) is 52.3 Å². The van der Waals surface area contributed by atoms with Crippen LogP contribution in [0.5, 0.6) is 0 Å². The van der Waals surface area contributed by atoms with Crippen molar-refractivity contribution in [1.82, 2.24) is 0 Å². The van der Waals surface area contributed by atoms with E-state index in [1.807, 2.05) is 0 Å². The molecular formula is C3H7CaNO2. The molecule has 7 heavy (non-hydrogen) atoms. The minimum Gasteiger partial charge on any atom is -0.373 e. The maximum absolute atomic E-state index is 9.83. The summed E-state index contributed by atoms with van der Waals surface area (Å²) in [7, 11) is 0. The minimum atomic E-state index is -0.380. The summed E-state index contributed by atoms with van der Waals surface area (Å²) in [5.41, 5.74) is 0. The zero-order chi connectivity index (χ0) is 4.99. The Balaban J connectivity index is 0. The predicted octanol–water partition coefficient (Wildman–Crippen LogP) is -0.568. The molecule has 0 aliphatic carbocycles. The van der Waals surface area contributed by atoms with Gasteiger partial charge in [-0.05, 0) is 0 Å². The monoisotopic (exact) mass is 129 g/mol. The van der Waals surface area contributed by atoms with Crippen LogP contribution in [0.15, 0.2) is 0 Å². The van der Waals surface area contributed by atoms with Gasteiger partial charge in [0, 0.05) is 44.2 Å². The molecule has 0 spiro atoms. The molecular weight excluding hydrogens is 122 g/mol. The van der Waals surface area contributed by atoms with Crippen molar-refractivity contribution in [2.24, 2.45) is 5.90 Å². The Morgan fingerprint density at radius 1 is 1.86 bits per heavy atom. The van der Waals surface area contributed by atoms with Gasteiger partial charge in [-0.3, -0.25) is 4.79 Å². The molecule has 0 saturated heterocycles. The first kappa shape index (κ1) is 10.6. The second-order valence-corrected chi connectivity index (χ2v) is 0.843. The van der Waals surface area contributed by atoms with Crippen LogP contribution in [-0.2, 0) is 9.63 Å². The summed E-state index contributed by atoms with van der Waals surface area (Å²) < 4.78 is 0. The van der Waals surface area contributed by atoms with Gasteiger partial charge in [0.05, 0.1) is 0 Å². The molecule has 0 rings (SSSR count). The third kappa shape index (κ3) is 6.69. The molecule has 0 aromatic carbocycles. The van der Waals surface area contributed by atoms with Crippen molar-refractivity contribution >= 4 is 43.7 Å². The predicted molar refractivity (Wildman–Crippen MR) is 26.3 cm³/mol. The zero-order valence-electron chi connectivity index (χ0n) is 4.31. The van der Waals surface area contributed by atoms with E-state index in [-0.39, 0.29) is 43.7 Å². The summed E-state index contributed by atoms with van der Waals surface area (Å²) in [4.78, 5) is 13.6. The maximum Gasteiger partial charge on any atom is 0.324 e. The van der Waals surface area contributed by atoms with E-state index in [0.717, 1.165) is 0 Å². The maximum atomic E-state index is 9.83. The molecule has 0 heterocycles. The second kappa shape index (κ2) is 6.69. The summed E-state index contributed by atoms with van der Waals surface area (Å²) in [6, 6.07) is 0. The number of hydrogen-bond donors (Lipinski definition) is 1. The van der Waals surface area contributed by atoms with E-state index in [9.17, 15) is 4.79 Å². The zero-order valence-corrected chi connectivity index (χ0v) is 6.52. The summed E-state index contributed by atoms with van der Waals surface area (Å²) >= 11 is 0. The van der Waals surface area contributed by atoms with Crippen LogP contribution in [0, 0.1) is 0 Å². The Bertz CT molecular complexity index is 50.9. The number of nitrogens with two attached hydrogens (primary N) is 1. The molecule has 0 aliphatic heterocycles. The molecule has 0 aromatic rings. The average Bonchev–Trinajstić information content (AvgIpc) is 1.65. The fourth-order valence-corrected chi connectivity index (χ4v) is 0.0833. The van der Waals surface area contributed by atoms with Crippen LogP contribution in [0.25, 0.3) is 0 Å². The van der Waals surface area contributed by atoms with Crippen molar-refractivity contribution in [2.75, 3.05) is 0 Å². The van der Waals surface area contributed by atoms with Crippen LogP contribution < -0.4 is 5.90 Å². The van der Waals surface area contributed by atoms with Gasteiger partial charge < -0.3 is 4.84 Å². The van der Waals surface area contributed by atoms with E-state index in [1.54, 1.807) is 6.92 Å². The molecule has 0 atom stereocenters. The molecule has 3 nitrogen and oxygen atoms in total. The van der Waals surface area contributed by atoms with Crippen molar-refractivity contribution in [2.45, 2.75) is 13.3 Å². The smallest absolute Gasteiger partial charge is 0.324 e. The van der Waals surface area contributed by atoms with E-state index in [0.29, 0.717) is 6.42 Å². The first-order valence-electron chi connectivity index (χ1n) is 1.70. The van der Waals surface area contributed by atoms with E-state index < -0.39 is 0 Å². The van der Waals surface area contributed by atoms with Crippen LogP contribution in [0.1, 0.15) is 13.3 Å². The Labute approximate surface area is 72.2 Å². The van der Waals surface area contributed by atoms with Crippen LogP contribution in [0.2, 0.25) is 0 Å². The molecule has 0 aromatic heterocycles. The van der Waals surface area contributed by atoms with Gasteiger partial charge in [-0.1, -0.05) is 6.92 Å². The normalized spacial score (nSPS) is 6.57. The number of carbonyl (C=O) groups excluding carboxylic acids is 1. The van der Waals surface area contributed by atoms with Gasteiger partial charge in [0.1, 0.15) is 0 Å². The standard InChI is InChI=1S/C3H7NO2.Ca/c1-2-3(5)6-4;/h2,4H2,1H3;. The van der Waals surface area contributed by atoms with Crippen molar-refractivity contribution in [3.63, 3.8) is 0 Å². The SMILES string of the molecule is CCC(=O)ON.[Ca]. The van der Waals surface area contributed by atoms with E-state index in [2.05, 4.69) is 10.7 Å². The molecule has 0 fully saturated rings. The van der Waals surface area contributed by atoms with Gasteiger partial charge in [0.25, 0.3) is 0 Å². The Hall–Kier alpha value is 0.690. The van der Waals surface area contributed by atoms with Gasteiger partial charge in [-0.2, -0.15) is 5.90 Å². The Kier molecular flexibility index (Phi) is 10.2. The van der Waals surface area contributed by atoms with Crippen molar-refractivity contribution in [1.29, 1.82) is 0 Å². The molecule has 0 amide bonds. The summed E-state index contributed by atoms with van der Waals surface area (Å²) in [6.45, 7) is 1.68. The quantitative estimate of drug-likeness (QED) is 0.381. The molecule has 0 unspecified atom stereocenters. The van der Waals surface area contributed by atoms with Gasteiger partial charge in [0.2, 0.25) is 0 Å². The summed E-state index contributed by atoms with van der Waals surface area (Å²) in [5, 5.41) is 0. The summed E-state index contributed by atoms with van der Waals surface area (Å²) in [6.07, 6.45) is 0.344. The Morgan fingerprint density at radius 3 is 2.29 bits per heavy atom. The van der Waals surface area contributed by atoms with Crippen LogP contribution >= 0.6 is 0 Å². The number of carbonyl (C=O) groups is 1. The minimum absolute atomic E-state index is 0. The van der Waals surface area contributed by atoms with Crippen molar-refractivity contribution < 1.29 is 9.63 Å². The molecule has 2 N–H and O–H groups in total. The van der Waals surface area contributed by atoms with Crippen molar-refractivity contribution in [3.8, 4) is 0 Å². The van der Waals surface area contributed by atoms with Gasteiger partial charge in [-0.25, -0.2) is 0 Å².